The molecule has 0 spiro atoms. The van der Waals surface area contributed by atoms with Gasteiger partial charge in [0.15, 0.2) is 35.1 Å². The molecule has 3 fully saturated rings. The van der Waals surface area contributed by atoms with Gasteiger partial charge in [0.1, 0.15) is 56.9 Å². The van der Waals surface area contributed by atoms with Crippen LogP contribution in [0.4, 0.5) is 16.2 Å². The number of nitrogens with zero attached hydrogens (tertiary/aromatic N) is 16. The van der Waals surface area contributed by atoms with Crippen LogP contribution in [-0.4, -0.2) is 164 Å². The SMILES string of the molecule is CCCOc1ccc(Cl)cc1-c1csc([C@]2(C)CC(=O)N(C)C(N)=N2)c1.CN1C(=O)C[C@@](C)(C2CCCN(C(=O)Nc3ccc(Cl)c(Cl)c3)C2)N=C1N.CN1C(=O)[C@@H](c2ccc3c(c2)CCO3)[C@@](C)(c2cc(-c3cccc(C#N)c3)cs2)N=C1N.CN1C(=O)[C@H](c2ccc(C3CC3)cc2)[C@@](C)(c2ccc3ncc(C#N)n3c2)N=C1N.Cc1noc(C)c1N1C(=O)C(c2cccc(-c3cccc(Cl)c3)c2)(C2CC2)N=C1N. The maximum absolute atomic E-state index is 13.9. The number of likely N-dealkylation sites (tertiary alicyclic amines) is 1. The van der Waals surface area contributed by atoms with E-state index < -0.39 is 39.5 Å². The van der Waals surface area contributed by atoms with Gasteiger partial charge in [0.2, 0.25) is 29.6 Å². The molecule has 2 unspecified atom stereocenters. The molecule has 21 rings (SSSR count). The van der Waals surface area contributed by atoms with Crippen molar-refractivity contribution in [2.45, 2.75) is 158 Å². The minimum absolute atomic E-state index is 0.0373. The number of guanidine groups is 5. The number of nitrogens with two attached hydrogens (primary N) is 5. The number of rotatable bonds is 17. The van der Waals surface area contributed by atoms with Gasteiger partial charge >= 0.3 is 6.03 Å². The van der Waals surface area contributed by atoms with Gasteiger partial charge in [-0.15, -0.1) is 22.7 Å². The average Bonchev–Trinajstić information content (AvgIpc) is 1.19. The standard InChI is InChI=1S/C25H22N4O2S.C23H21ClN4O2.C23H22N6O.C19H22ClN3O2S.C18H23Cl2N5O2/c1-25(21-12-19(14-32-21)16-5-3-4-15(10-16)13-26)22(23(30)29(2)24(27)28-25)18-6-7-20-17(11-18)8-9-31-20;1-13-20(14(2)30-27-13)28-21(29)23(17-9-10-17,26-22(28)25)18-7-3-5-15(11-18)16-6-4-8-19(24)12-16;1-23(17-9-10-19-26-12-18(11-24)29(19)13-17)20(21(30)28(2)22(25)27-23)16-7-5-15(6-8-16)14-3-4-14;1-4-7-25-15-6-5-13(20)9-14(15)12-8-16(26-11-12)19(2)10-17(24)23(3)18(21)22-19;1-18(9-15(26)24(2)16(21)23-18)11-4-3-7-25(10-11)17(27)22-12-5-6-13(19)14(20)8-12/h3-7,10-12,14,22H,8-9H2,1-2H3,(H2,27,28);3-8,11-12,17H,9-10H2,1-2H3,(H2,25,26);5-10,12-14,20H,3-4H2,1-2H3,(H2,25,27);5-6,8-9,11H,4,7,10H2,1-3H3,(H2,21,22);5-6,8,11H,3-4,7,9-10H2,1-2H3,(H2,21,23)(H,22,27)/t22-,25-;;20-,23+;19-;11?,18-/m1.000/s1. The molecule has 12 heterocycles. The van der Waals surface area contributed by atoms with Crippen molar-refractivity contribution in [1.82, 2.24) is 39.0 Å². The number of benzene rings is 7. The number of likely N-dealkylation sites (N-methyl/N-ethyl adjacent to an activating group) is 2. The van der Waals surface area contributed by atoms with Crippen molar-refractivity contribution in [2.24, 2.45) is 65.5 Å². The lowest BCUT2D eigenvalue weighted by atomic mass is 9.74. The summed E-state index contributed by atoms with van der Waals surface area (Å²) >= 11 is 27.4. The fourth-order valence-corrected chi connectivity index (χ4v) is 22.4. The van der Waals surface area contributed by atoms with Gasteiger partial charge in [0, 0.05) is 90.9 Å². The molecule has 7 aliphatic heterocycles. The van der Waals surface area contributed by atoms with Crippen molar-refractivity contribution >= 4 is 151 Å². The van der Waals surface area contributed by atoms with E-state index in [1.807, 2.05) is 172 Å². The molecule has 2 aliphatic carbocycles. The molecule has 5 aromatic heterocycles. The van der Waals surface area contributed by atoms with Crippen LogP contribution in [0.2, 0.25) is 20.1 Å². The monoisotopic (exact) mass is 2060 g/mol. The number of imidazole rings is 1. The van der Waals surface area contributed by atoms with Gasteiger partial charge < -0.3 is 52.9 Å². The number of anilines is 2. The van der Waals surface area contributed by atoms with Crippen molar-refractivity contribution in [3.8, 4) is 57.0 Å². The van der Waals surface area contributed by atoms with Gasteiger partial charge in [-0.2, -0.15) is 10.5 Å². The average molecular weight is 2070 g/mol. The first-order chi connectivity index (χ1) is 69.3. The Bertz CT molecular complexity index is 7360. The number of aryl methyl sites for hydroxylation is 2. The van der Waals surface area contributed by atoms with Crippen LogP contribution in [0.25, 0.3) is 39.0 Å². The molecule has 9 aliphatic rings. The second-order valence-corrected chi connectivity index (χ2v) is 41.9. The number of nitriles is 2. The lowest BCUT2D eigenvalue weighted by Crippen LogP contribution is -2.55. The van der Waals surface area contributed by atoms with Crippen molar-refractivity contribution in [3.63, 3.8) is 0 Å². The molecule has 1 saturated heterocycles. The number of piperidine rings is 1. The van der Waals surface area contributed by atoms with Crippen LogP contribution in [0, 0.1) is 48.3 Å². The zero-order valence-corrected chi connectivity index (χ0v) is 86.5. The van der Waals surface area contributed by atoms with Crippen LogP contribution in [0.3, 0.4) is 0 Å². The van der Waals surface area contributed by atoms with Crippen LogP contribution in [-0.2, 0) is 52.5 Å². The van der Waals surface area contributed by atoms with Crippen molar-refractivity contribution in [1.29, 1.82) is 10.5 Å². The molecule has 7 aromatic carbocycles. The molecular weight excluding hydrogens is 1960 g/mol. The van der Waals surface area contributed by atoms with Crippen LogP contribution in [0.5, 0.6) is 11.5 Å². The van der Waals surface area contributed by atoms with Crippen molar-refractivity contribution < 1.29 is 42.8 Å². The second-order valence-electron chi connectivity index (χ2n) is 38.4. The van der Waals surface area contributed by atoms with E-state index in [-0.39, 0.29) is 83.6 Å². The number of amides is 7. The summed E-state index contributed by atoms with van der Waals surface area (Å²) in [5, 5.41) is 31.7. The van der Waals surface area contributed by atoms with Crippen LogP contribution in [0.1, 0.15) is 176 Å². The first kappa shape index (κ1) is 102. The molecule has 7 amide bonds. The third-order valence-electron chi connectivity index (χ3n) is 28.3. The van der Waals surface area contributed by atoms with Crippen LogP contribution >= 0.6 is 69.1 Å². The number of ether oxygens (including phenoxy) is 2. The van der Waals surface area contributed by atoms with E-state index in [1.54, 1.807) is 98.3 Å². The Kier molecular flexibility index (Phi) is 29.1. The van der Waals surface area contributed by atoms with E-state index in [2.05, 4.69) is 68.8 Å². The van der Waals surface area contributed by atoms with E-state index in [0.717, 1.165) is 121 Å². The minimum atomic E-state index is -1.03. The number of fused-ring (bicyclic) bond motifs is 2. The van der Waals surface area contributed by atoms with E-state index in [0.29, 0.717) is 98.5 Å². The number of pyridine rings is 1. The van der Waals surface area contributed by atoms with Gasteiger partial charge in [0.25, 0.3) is 5.91 Å². The summed E-state index contributed by atoms with van der Waals surface area (Å²) in [7, 11) is 6.58. The Morgan fingerprint density at radius 1 is 0.586 bits per heavy atom. The third-order valence-corrected chi connectivity index (χ3v) is 31.9. The highest BCUT2D eigenvalue weighted by Gasteiger charge is 2.60. The molecule has 12 aromatic rings. The highest BCUT2D eigenvalue weighted by atomic mass is 35.5. The number of aromatic nitrogens is 3. The second kappa shape index (κ2) is 41.3. The number of urea groups is 1. The number of halogens is 4. The largest absolute Gasteiger partial charge is 0.493 e. The van der Waals surface area contributed by atoms with E-state index in [9.17, 15) is 39.3 Å². The molecule has 31 nitrogen and oxygen atoms in total. The first-order valence-electron chi connectivity index (χ1n) is 47.6. The number of aliphatic imine (C=N–C) groups is 5. The highest BCUT2D eigenvalue weighted by Crippen LogP contribution is 2.55. The zero-order valence-electron chi connectivity index (χ0n) is 81.9. The number of nitrogens with one attached hydrogen (secondary N) is 1. The molecule has 0 radical (unpaired) electrons. The first-order valence-corrected chi connectivity index (χ1v) is 50.9. The summed E-state index contributed by atoms with van der Waals surface area (Å²) in [6.45, 7) is 15.9. The molecule has 37 heteroatoms. The lowest BCUT2D eigenvalue weighted by molar-refractivity contribution is -0.131. The maximum atomic E-state index is 13.9. The van der Waals surface area contributed by atoms with Gasteiger partial charge in [-0.05, 0) is 261 Å². The van der Waals surface area contributed by atoms with E-state index >= 15 is 0 Å². The minimum Gasteiger partial charge on any atom is -0.493 e. The molecule has 0 bridgehead atoms. The molecule has 2 saturated carbocycles. The van der Waals surface area contributed by atoms with Crippen molar-refractivity contribution in [3.05, 3.63) is 285 Å². The summed E-state index contributed by atoms with van der Waals surface area (Å²) in [4.78, 5) is 116. The number of hydrogen-bond donors (Lipinski definition) is 6. The summed E-state index contributed by atoms with van der Waals surface area (Å²) < 4.78 is 18.5. The number of carbonyl (C=O) groups is 6. The van der Waals surface area contributed by atoms with Crippen molar-refractivity contribution in [2.75, 3.05) is 64.7 Å². The smallest absolute Gasteiger partial charge is 0.321 e. The van der Waals surface area contributed by atoms with Gasteiger partial charge in [-0.1, -0.05) is 143 Å². The Morgan fingerprint density at radius 2 is 1.22 bits per heavy atom. The maximum Gasteiger partial charge on any atom is 0.321 e. The lowest BCUT2D eigenvalue weighted by Gasteiger charge is -2.43. The van der Waals surface area contributed by atoms with Crippen LogP contribution in [0.15, 0.2) is 229 Å². The predicted octanol–water partition coefficient (Wildman–Crippen LogP) is 18.9. The third kappa shape index (κ3) is 20.5. The Hall–Kier alpha value is -14.5. The van der Waals surface area contributed by atoms with Gasteiger partial charge in [0.05, 0.1) is 71.3 Å². The molecular formula is C108H110Cl4N22O9S2. The number of hydrogen-bond acceptors (Lipinski definition) is 25. The Morgan fingerprint density at radius 3 is 1.88 bits per heavy atom. The zero-order chi connectivity index (χ0) is 103. The topological polar surface area (TPSA) is 435 Å². The number of carbonyl (C=O) groups excluding carboxylic acids is 6. The van der Waals surface area contributed by atoms with E-state index in [1.165, 1.54) is 49.1 Å². The van der Waals surface area contributed by atoms with Crippen LogP contribution < -0.4 is 48.4 Å². The molecule has 8 atom stereocenters. The fourth-order valence-electron chi connectivity index (χ4n) is 19.7. The predicted molar refractivity (Wildman–Crippen MR) is 568 cm³/mol. The highest BCUT2D eigenvalue weighted by molar-refractivity contribution is 7.11. The molecule has 746 valence electrons. The quantitative estimate of drug-likeness (QED) is 0.0493. The summed E-state index contributed by atoms with van der Waals surface area (Å²) in [5.74, 6) is 2.60. The molecule has 11 N–H and O–H groups in total. The number of thiophene rings is 2. The summed E-state index contributed by atoms with van der Waals surface area (Å²) in [6, 6.07) is 59.9. The Balaban J connectivity index is 0.000000124. The summed E-state index contributed by atoms with van der Waals surface area (Å²) in [5.41, 5.74) is 41.6. The summed E-state index contributed by atoms with van der Waals surface area (Å²) in [6.07, 6.45) is 11.8. The van der Waals surface area contributed by atoms with Gasteiger partial charge in [-0.3, -0.25) is 48.0 Å². The Labute approximate surface area is 868 Å². The van der Waals surface area contributed by atoms with E-state index in [4.69, 9.17) is 104 Å². The fraction of sp³-hybridized carbons (Fsp3) is 0.324. The molecule has 145 heavy (non-hydrogen) atoms. The van der Waals surface area contributed by atoms with Gasteiger partial charge in [-0.25, -0.2) is 39.6 Å². The normalized spacial score (nSPS) is 22.7.